The standard InChI is InChI=1S/C23H24ClN3O3/c1-4-14-7-5-6-8-17(14)23(18-11-15(24)9-10-19(18)25-22(23)30)27-13-16(28)12-20(27)21(29)26(2)3/h4-11,16,20,28H,1,12-13H2,2-3H3,(H,25,30)/t16-,20+,23?/m1/s1. The van der Waals surface area contributed by atoms with Crippen molar-refractivity contribution in [2.75, 3.05) is 26.0 Å². The molecule has 0 saturated carbocycles. The average molecular weight is 426 g/mol. The van der Waals surface area contributed by atoms with Gasteiger partial charge in [-0.3, -0.25) is 14.5 Å². The van der Waals surface area contributed by atoms with Crippen LogP contribution in [0.15, 0.2) is 49.0 Å². The summed E-state index contributed by atoms with van der Waals surface area (Å²) in [5.41, 5.74) is 1.46. The van der Waals surface area contributed by atoms with Crippen LogP contribution in [0.5, 0.6) is 0 Å². The molecule has 0 aromatic heterocycles. The SMILES string of the molecule is C=Cc1ccccc1C1(N2C[C@H](O)C[C@H]2C(=O)N(C)C)C(=O)Nc2ccc(Cl)cc21. The van der Waals surface area contributed by atoms with E-state index in [2.05, 4.69) is 11.9 Å². The van der Waals surface area contributed by atoms with Gasteiger partial charge in [-0.1, -0.05) is 48.5 Å². The van der Waals surface area contributed by atoms with Crippen molar-refractivity contribution in [3.05, 3.63) is 70.8 Å². The summed E-state index contributed by atoms with van der Waals surface area (Å²) in [6.45, 7) is 4.09. The number of nitrogens with zero attached hydrogens (tertiary/aromatic N) is 2. The number of rotatable bonds is 4. The van der Waals surface area contributed by atoms with E-state index in [1.54, 1.807) is 38.4 Å². The number of benzene rings is 2. The lowest BCUT2D eigenvalue weighted by Gasteiger charge is -2.41. The molecule has 0 spiro atoms. The minimum absolute atomic E-state index is 0.162. The minimum Gasteiger partial charge on any atom is -0.392 e. The summed E-state index contributed by atoms with van der Waals surface area (Å²) in [5, 5.41) is 14.0. The second kappa shape index (κ2) is 7.54. The van der Waals surface area contributed by atoms with E-state index in [1.807, 2.05) is 29.2 Å². The second-order valence-electron chi connectivity index (χ2n) is 7.94. The molecule has 1 saturated heterocycles. The predicted octanol–water partition coefficient (Wildman–Crippen LogP) is 2.70. The van der Waals surface area contributed by atoms with Gasteiger partial charge in [0.25, 0.3) is 5.91 Å². The Hall–Kier alpha value is -2.67. The van der Waals surface area contributed by atoms with Crippen LogP contribution in [0.4, 0.5) is 5.69 Å². The third-order valence-corrected chi connectivity index (χ3v) is 6.19. The average Bonchev–Trinajstić information content (AvgIpc) is 3.24. The van der Waals surface area contributed by atoms with Gasteiger partial charge in [-0.2, -0.15) is 0 Å². The van der Waals surface area contributed by atoms with Gasteiger partial charge in [-0.25, -0.2) is 0 Å². The summed E-state index contributed by atoms with van der Waals surface area (Å²) in [6, 6.07) is 12.1. The molecule has 3 atom stereocenters. The Morgan fingerprint density at radius 3 is 2.73 bits per heavy atom. The first-order valence-corrected chi connectivity index (χ1v) is 10.2. The molecule has 156 valence electrons. The molecule has 6 nitrogen and oxygen atoms in total. The van der Waals surface area contributed by atoms with Crippen LogP contribution < -0.4 is 5.32 Å². The molecule has 4 rings (SSSR count). The van der Waals surface area contributed by atoms with E-state index in [1.165, 1.54) is 4.90 Å². The monoisotopic (exact) mass is 425 g/mol. The fraction of sp³-hybridized carbons (Fsp3) is 0.304. The number of amides is 2. The molecule has 1 unspecified atom stereocenters. The zero-order valence-corrected chi connectivity index (χ0v) is 17.7. The number of nitrogens with one attached hydrogen (secondary N) is 1. The molecule has 1 fully saturated rings. The number of fused-ring (bicyclic) bond motifs is 1. The third kappa shape index (κ3) is 2.95. The Bertz CT molecular complexity index is 1040. The summed E-state index contributed by atoms with van der Waals surface area (Å²) in [5.74, 6) is -0.440. The predicted molar refractivity (Wildman–Crippen MR) is 117 cm³/mol. The number of anilines is 1. The molecule has 0 bridgehead atoms. The Labute approximate surface area is 180 Å². The molecule has 2 aromatic rings. The van der Waals surface area contributed by atoms with Crippen LogP contribution in [0.2, 0.25) is 5.02 Å². The third-order valence-electron chi connectivity index (χ3n) is 5.95. The van der Waals surface area contributed by atoms with Crippen LogP contribution in [-0.4, -0.2) is 59.5 Å². The van der Waals surface area contributed by atoms with Crippen molar-refractivity contribution in [3.8, 4) is 0 Å². The number of likely N-dealkylation sites (tertiary alicyclic amines) is 1. The summed E-state index contributed by atoms with van der Waals surface area (Å²) in [4.78, 5) is 30.1. The molecule has 0 aliphatic carbocycles. The maximum absolute atomic E-state index is 13.7. The molecule has 2 N–H and O–H groups in total. The van der Waals surface area contributed by atoms with Crippen molar-refractivity contribution in [2.45, 2.75) is 24.1 Å². The van der Waals surface area contributed by atoms with Crippen LogP contribution in [0.25, 0.3) is 6.08 Å². The highest BCUT2D eigenvalue weighted by molar-refractivity contribution is 6.31. The fourth-order valence-electron chi connectivity index (χ4n) is 4.69. The second-order valence-corrected chi connectivity index (χ2v) is 8.37. The molecule has 2 heterocycles. The van der Waals surface area contributed by atoms with Crippen molar-refractivity contribution in [1.29, 1.82) is 0 Å². The van der Waals surface area contributed by atoms with E-state index >= 15 is 0 Å². The van der Waals surface area contributed by atoms with Crippen LogP contribution in [0.1, 0.15) is 23.1 Å². The summed E-state index contributed by atoms with van der Waals surface area (Å²) >= 11 is 6.34. The Morgan fingerprint density at radius 2 is 2.03 bits per heavy atom. The number of aliphatic hydroxyl groups is 1. The number of carbonyl (C=O) groups is 2. The highest BCUT2D eigenvalue weighted by Crippen LogP contribution is 2.50. The molecule has 2 amide bonds. The van der Waals surface area contributed by atoms with E-state index in [-0.39, 0.29) is 24.8 Å². The van der Waals surface area contributed by atoms with E-state index in [9.17, 15) is 14.7 Å². The van der Waals surface area contributed by atoms with Crippen LogP contribution in [0, 0.1) is 0 Å². The normalized spacial score (nSPS) is 25.7. The molecule has 2 aliphatic rings. The minimum atomic E-state index is -1.32. The fourth-order valence-corrected chi connectivity index (χ4v) is 4.86. The lowest BCUT2D eigenvalue weighted by atomic mass is 9.79. The number of likely N-dealkylation sites (N-methyl/N-ethyl adjacent to an activating group) is 1. The van der Waals surface area contributed by atoms with Crippen molar-refractivity contribution in [3.63, 3.8) is 0 Å². The molecule has 30 heavy (non-hydrogen) atoms. The van der Waals surface area contributed by atoms with Gasteiger partial charge in [0.05, 0.1) is 12.1 Å². The number of β-amino-alcohol motifs (C(OH)–C–C–N with tert-alkyl or cyclic N) is 1. The van der Waals surface area contributed by atoms with Crippen molar-refractivity contribution in [1.82, 2.24) is 9.80 Å². The maximum atomic E-state index is 13.7. The van der Waals surface area contributed by atoms with Gasteiger partial charge in [0, 0.05) is 36.9 Å². The van der Waals surface area contributed by atoms with Crippen molar-refractivity contribution >= 4 is 35.2 Å². The smallest absolute Gasteiger partial charge is 0.254 e. The molecular weight excluding hydrogens is 402 g/mol. The lowest BCUT2D eigenvalue weighted by Crippen LogP contribution is -2.57. The maximum Gasteiger partial charge on any atom is 0.254 e. The number of halogens is 1. The lowest BCUT2D eigenvalue weighted by molar-refractivity contribution is -0.138. The van der Waals surface area contributed by atoms with Crippen LogP contribution in [-0.2, 0) is 15.1 Å². The van der Waals surface area contributed by atoms with Gasteiger partial charge in [0.2, 0.25) is 5.91 Å². The Morgan fingerprint density at radius 1 is 1.30 bits per heavy atom. The van der Waals surface area contributed by atoms with Gasteiger partial charge < -0.3 is 15.3 Å². The molecular formula is C23H24ClN3O3. The highest BCUT2D eigenvalue weighted by Gasteiger charge is 2.58. The van der Waals surface area contributed by atoms with Gasteiger partial charge in [-0.15, -0.1) is 0 Å². The quantitative estimate of drug-likeness (QED) is 0.790. The van der Waals surface area contributed by atoms with E-state index < -0.39 is 17.7 Å². The van der Waals surface area contributed by atoms with E-state index in [4.69, 9.17) is 11.6 Å². The van der Waals surface area contributed by atoms with Crippen molar-refractivity contribution < 1.29 is 14.7 Å². The number of carbonyl (C=O) groups excluding carboxylic acids is 2. The number of aliphatic hydroxyl groups excluding tert-OH is 1. The summed E-state index contributed by atoms with van der Waals surface area (Å²) in [7, 11) is 3.35. The zero-order valence-electron chi connectivity index (χ0n) is 16.9. The highest BCUT2D eigenvalue weighted by atomic mass is 35.5. The van der Waals surface area contributed by atoms with Gasteiger partial charge >= 0.3 is 0 Å². The first-order chi connectivity index (χ1) is 14.3. The molecule has 2 aromatic carbocycles. The number of hydrogen-bond donors (Lipinski definition) is 2. The first-order valence-electron chi connectivity index (χ1n) is 9.80. The Balaban J connectivity index is 2.04. The van der Waals surface area contributed by atoms with Crippen LogP contribution >= 0.6 is 11.6 Å². The Kier molecular flexibility index (Phi) is 5.18. The van der Waals surface area contributed by atoms with E-state index in [0.29, 0.717) is 21.8 Å². The first kappa shape index (κ1) is 20.6. The largest absolute Gasteiger partial charge is 0.392 e. The topological polar surface area (TPSA) is 72.9 Å². The molecule has 7 heteroatoms. The zero-order chi connectivity index (χ0) is 21.6. The number of hydrogen-bond acceptors (Lipinski definition) is 4. The van der Waals surface area contributed by atoms with Crippen LogP contribution in [0.3, 0.4) is 0 Å². The van der Waals surface area contributed by atoms with Gasteiger partial charge in [-0.05, 0) is 35.7 Å². The molecule has 2 aliphatic heterocycles. The summed E-state index contributed by atoms with van der Waals surface area (Å²) < 4.78 is 0. The molecule has 0 radical (unpaired) electrons. The van der Waals surface area contributed by atoms with E-state index in [0.717, 1.165) is 5.56 Å². The van der Waals surface area contributed by atoms with Gasteiger partial charge in [0.1, 0.15) is 0 Å². The van der Waals surface area contributed by atoms with Gasteiger partial charge in [0.15, 0.2) is 5.54 Å². The van der Waals surface area contributed by atoms with Crippen molar-refractivity contribution in [2.24, 2.45) is 0 Å². The summed E-state index contributed by atoms with van der Waals surface area (Å²) in [6.07, 6.45) is 1.21.